The van der Waals surface area contributed by atoms with E-state index in [0.29, 0.717) is 16.8 Å². The number of esters is 1. The number of anilines is 1. The van der Waals surface area contributed by atoms with Gasteiger partial charge in [-0.2, -0.15) is 0 Å². The zero-order valence-corrected chi connectivity index (χ0v) is 12.9. The van der Waals surface area contributed by atoms with Crippen LogP contribution in [0.1, 0.15) is 20.7 Å². The van der Waals surface area contributed by atoms with Crippen LogP contribution in [0.2, 0.25) is 0 Å². The van der Waals surface area contributed by atoms with Crippen molar-refractivity contribution in [3.63, 3.8) is 0 Å². The Labute approximate surface area is 130 Å². The summed E-state index contributed by atoms with van der Waals surface area (Å²) in [7, 11) is 1.33. The molecule has 0 aliphatic rings. The molecule has 1 N–H and O–H groups in total. The van der Waals surface area contributed by atoms with Crippen LogP contribution in [0.3, 0.4) is 0 Å². The van der Waals surface area contributed by atoms with Crippen LogP contribution < -0.4 is 5.32 Å². The standard InChI is InChI=1S/C15H12INO3/c1-20-15(19)11-4-8-13(9-5-11)17-14(18)10-2-6-12(16)7-3-10/h2-9H,1H3,(H,17,18). The van der Waals surface area contributed by atoms with E-state index in [9.17, 15) is 9.59 Å². The number of hydrogen-bond acceptors (Lipinski definition) is 3. The molecule has 5 heteroatoms. The van der Waals surface area contributed by atoms with Gasteiger partial charge in [-0.3, -0.25) is 4.79 Å². The van der Waals surface area contributed by atoms with Crippen LogP contribution >= 0.6 is 22.6 Å². The summed E-state index contributed by atoms with van der Waals surface area (Å²) < 4.78 is 5.68. The SMILES string of the molecule is COC(=O)c1ccc(NC(=O)c2ccc(I)cc2)cc1. The van der Waals surface area contributed by atoms with E-state index < -0.39 is 5.97 Å². The van der Waals surface area contributed by atoms with E-state index in [4.69, 9.17) is 0 Å². The molecule has 0 saturated carbocycles. The number of amides is 1. The average Bonchev–Trinajstić information content (AvgIpc) is 2.48. The van der Waals surface area contributed by atoms with Gasteiger partial charge in [-0.05, 0) is 71.1 Å². The molecule has 102 valence electrons. The summed E-state index contributed by atoms with van der Waals surface area (Å²) in [5.41, 5.74) is 1.66. The summed E-state index contributed by atoms with van der Waals surface area (Å²) in [6, 6.07) is 13.8. The van der Waals surface area contributed by atoms with Gasteiger partial charge in [-0.1, -0.05) is 0 Å². The normalized spacial score (nSPS) is 9.90. The second kappa shape index (κ2) is 6.51. The van der Waals surface area contributed by atoms with Crippen molar-refractivity contribution in [2.75, 3.05) is 12.4 Å². The first-order valence-corrected chi connectivity index (χ1v) is 6.93. The van der Waals surface area contributed by atoms with E-state index in [1.54, 1.807) is 36.4 Å². The second-order valence-corrected chi connectivity index (χ2v) is 5.28. The molecule has 0 unspecified atom stereocenters. The lowest BCUT2D eigenvalue weighted by molar-refractivity contribution is 0.0600. The van der Waals surface area contributed by atoms with Crippen molar-refractivity contribution in [1.82, 2.24) is 0 Å². The van der Waals surface area contributed by atoms with Gasteiger partial charge in [0, 0.05) is 14.8 Å². The smallest absolute Gasteiger partial charge is 0.337 e. The number of nitrogens with one attached hydrogen (secondary N) is 1. The van der Waals surface area contributed by atoms with Crippen LogP contribution in [0.4, 0.5) is 5.69 Å². The molecule has 2 rings (SSSR count). The maximum Gasteiger partial charge on any atom is 0.337 e. The van der Waals surface area contributed by atoms with Crippen LogP contribution in [0.15, 0.2) is 48.5 Å². The van der Waals surface area contributed by atoms with Crippen molar-refractivity contribution in [3.05, 3.63) is 63.2 Å². The van der Waals surface area contributed by atoms with E-state index in [-0.39, 0.29) is 5.91 Å². The molecule has 4 nitrogen and oxygen atoms in total. The van der Waals surface area contributed by atoms with Crippen molar-refractivity contribution < 1.29 is 14.3 Å². The van der Waals surface area contributed by atoms with Crippen LogP contribution in [0, 0.1) is 3.57 Å². The highest BCUT2D eigenvalue weighted by atomic mass is 127. The van der Waals surface area contributed by atoms with Gasteiger partial charge in [0.05, 0.1) is 12.7 Å². The molecule has 0 radical (unpaired) electrons. The van der Waals surface area contributed by atoms with Crippen molar-refractivity contribution in [2.45, 2.75) is 0 Å². The Morgan fingerprint density at radius 1 is 0.950 bits per heavy atom. The van der Waals surface area contributed by atoms with E-state index in [1.165, 1.54) is 7.11 Å². The predicted molar refractivity (Wildman–Crippen MR) is 84.9 cm³/mol. The molecule has 0 aromatic heterocycles. The van der Waals surface area contributed by atoms with Gasteiger partial charge in [-0.25, -0.2) is 4.79 Å². The minimum atomic E-state index is -0.402. The lowest BCUT2D eigenvalue weighted by atomic mass is 10.2. The monoisotopic (exact) mass is 381 g/mol. The van der Waals surface area contributed by atoms with Gasteiger partial charge in [0.1, 0.15) is 0 Å². The Bertz CT molecular complexity index is 621. The lowest BCUT2D eigenvalue weighted by Gasteiger charge is -2.06. The summed E-state index contributed by atoms with van der Waals surface area (Å²) in [5.74, 6) is -0.590. The minimum absolute atomic E-state index is 0.188. The van der Waals surface area contributed by atoms with Crippen molar-refractivity contribution in [2.24, 2.45) is 0 Å². The van der Waals surface area contributed by atoms with Crippen LogP contribution in [-0.2, 0) is 4.74 Å². The van der Waals surface area contributed by atoms with E-state index >= 15 is 0 Å². The number of carbonyl (C=O) groups is 2. The third-order valence-corrected chi connectivity index (χ3v) is 3.39. The summed E-state index contributed by atoms with van der Waals surface area (Å²) in [6.45, 7) is 0. The zero-order valence-electron chi connectivity index (χ0n) is 10.7. The molecule has 0 aliphatic heterocycles. The van der Waals surface area contributed by atoms with Gasteiger partial charge >= 0.3 is 5.97 Å². The van der Waals surface area contributed by atoms with Crippen molar-refractivity contribution in [3.8, 4) is 0 Å². The Morgan fingerprint density at radius 2 is 1.50 bits per heavy atom. The average molecular weight is 381 g/mol. The molecular formula is C15H12INO3. The second-order valence-electron chi connectivity index (χ2n) is 4.03. The number of rotatable bonds is 3. The number of halogens is 1. The third-order valence-electron chi connectivity index (χ3n) is 2.67. The fourth-order valence-corrected chi connectivity index (χ4v) is 1.97. The first-order chi connectivity index (χ1) is 9.60. The maximum atomic E-state index is 12.0. The van der Waals surface area contributed by atoms with Crippen molar-refractivity contribution in [1.29, 1.82) is 0 Å². The molecule has 0 heterocycles. The molecule has 0 spiro atoms. The Morgan fingerprint density at radius 3 is 2.05 bits per heavy atom. The first-order valence-electron chi connectivity index (χ1n) is 5.85. The number of hydrogen-bond donors (Lipinski definition) is 1. The molecular weight excluding hydrogens is 369 g/mol. The van der Waals surface area contributed by atoms with E-state index in [0.717, 1.165) is 3.57 Å². The highest BCUT2D eigenvalue weighted by Crippen LogP contribution is 2.13. The lowest BCUT2D eigenvalue weighted by Crippen LogP contribution is -2.12. The number of carbonyl (C=O) groups excluding carboxylic acids is 2. The van der Waals surface area contributed by atoms with Gasteiger partial charge in [0.2, 0.25) is 0 Å². The minimum Gasteiger partial charge on any atom is -0.465 e. The molecule has 0 saturated heterocycles. The highest BCUT2D eigenvalue weighted by Gasteiger charge is 2.07. The quantitative estimate of drug-likeness (QED) is 0.656. The zero-order chi connectivity index (χ0) is 14.5. The molecule has 2 aromatic rings. The molecule has 0 atom stereocenters. The van der Waals surface area contributed by atoms with E-state index in [2.05, 4.69) is 32.6 Å². The Balaban J connectivity index is 2.08. The van der Waals surface area contributed by atoms with Crippen molar-refractivity contribution >= 4 is 40.2 Å². The van der Waals surface area contributed by atoms with Gasteiger partial charge in [-0.15, -0.1) is 0 Å². The third kappa shape index (κ3) is 3.57. The summed E-state index contributed by atoms with van der Waals surface area (Å²) in [4.78, 5) is 23.3. The fraction of sp³-hybridized carbons (Fsp3) is 0.0667. The summed E-state index contributed by atoms with van der Waals surface area (Å²) in [5, 5.41) is 2.77. The molecule has 0 fully saturated rings. The Hall–Kier alpha value is -1.89. The van der Waals surface area contributed by atoms with Crippen LogP contribution in [0.25, 0.3) is 0 Å². The highest BCUT2D eigenvalue weighted by molar-refractivity contribution is 14.1. The van der Waals surface area contributed by atoms with Crippen LogP contribution in [0.5, 0.6) is 0 Å². The number of methoxy groups -OCH3 is 1. The molecule has 2 aromatic carbocycles. The van der Waals surface area contributed by atoms with Gasteiger partial charge < -0.3 is 10.1 Å². The summed E-state index contributed by atoms with van der Waals surface area (Å²) in [6.07, 6.45) is 0. The van der Waals surface area contributed by atoms with Crippen LogP contribution in [-0.4, -0.2) is 19.0 Å². The topological polar surface area (TPSA) is 55.4 Å². The molecule has 20 heavy (non-hydrogen) atoms. The maximum absolute atomic E-state index is 12.0. The van der Waals surface area contributed by atoms with Gasteiger partial charge in [0.25, 0.3) is 5.91 Å². The molecule has 1 amide bonds. The fourth-order valence-electron chi connectivity index (χ4n) is 1.61. The number of benzene rings is 2. The molecule has 0 aliphatic carbocycles. The predicted octanol–water partition coefficient (Wildman–Crippen LogP) is 3.33. The largest absolute Gasteiger partial charge is 0.465 e. The summed E-state index contributed by atoms with van der Waals surface area (Å²) >= 11 is 2.18. The van der Waals surface area contributed by atoms with Gasteiger partial charge in [0.15, 0.2) is 0 Å². The van der Waals surface area contributed by atoms with E-state index in [1.807, 2.05) is 12.1 Å². The molecule has 0 bridgehead atoms. The number of ether oxygens (including phenoxy) is 1. The first kappa shape index (κ1) is 14.5. The Kier molecular flexibility index (Phi) is 4.73.